The molecule has 0 aliphatic rings. The Balaban J connectivity index is 3.13. The first kappa shape index (κ1) is 6.37. The normalized spacial score (nSPS) is 9.38. The second kappa shape index (κ2) is 2.70. The third-order valence-corrected chi connectivity index (χ3v) is 3.82. The maximum atomic E-state index is 4.09. The average molecular weight is 222 g/mol. The number of nitrogens with zero attached hydrogens (tertiary/aromatic N) is 1. The summed E-state index contributed by atoms with van der Waals surface area (Å²) in [7, 11) is 0. The van der Waals surface area contributed by atoms with Crippen LogP contribution in [0.25, 0.3) is 0 Å². The van der Waals surface area contributed by atoms with Crippen molar-refractivity contribution in [1.29, 1.82) is 0 Å². The predicted molar refractivity (Wildman–Crippen MR) is 31.6 cm³/mol. The van der Waals surface area contributed by atoms with Gasteiger partial charge in [-0.25, -0.2) is 0 Å². The molecule has 0 aliphatic heterocycles. The van der Waals surface area contributed by atoms with Gasteiger partial charge >= 0.3 is 66.3 Å². The Morgan fingerprint density at radius 3 is 2.75 bits per heavy atom. The number of pyridine rings is 1. The van der Waals surface area contributed by atoms with E-state index < -0.39 is 0 Å². The number of hydrogen-bond donors (Lipinski definition) is 0. The van der Waals surface area contributed by atoms with Crippen LogP contribution in [0.15, 0.2) is 22.8 Å². The topological polar surface area (TPSA) is 12.9 Å². The van der Waals surface area contributed by atoms with Gasteiger partial charge in [0.1, 0.15) is 0 Å². The molecule has 1 heterocycles. The Morgan fingerprint density at radius 1 is 1.62 bits per heavy atom. The predicted octanol–water partition coefficient (Wildman–Crippen LogP) is 1.02. The van der Waals surface area contributed by atoms with E-state index in [9.17, 15) is 0 Å². The fourth-order valence-corrected chi connectivity index (χ4v) is 1.14. The van der Waals surface area contributed by atoms with Crippen molar-refractivity contribution in [2.24, 2.45) is 0 Å². The molecule has 0 amide bonds. The quantitative estimate of drug-likeness (QED) is 0.597. The molecule has 0 N–H and O–H groups in total. The Hall–Kier alpha value is 0.253. The van der Waals surface area contributed by atoms with Gasteiger partial charge in [0.2, 0.25) is 0 Å². The monoisotopic (exact) mass is 220 g/mol. The van der Waals surface area contributed by atoms with Crippen LogP contribution in [0.4, 0.5) is 0 Å². The van der Waals surface area contributed by atoms with E-state index in [-0.39, 0.29) is 0 Å². The number of aromatic nitrogens is 1. The van der Waals surface area contributed by atoms with Crippen molar-refractivity contribution >= 4 is 20.2 Å². The standard InChI is InChI=1S/C5H3BrN.Zn/c6-5-2-1-3-7-4-5;/h1-3H;. The van der Waals surface area contributed by atoms with Gasteiger partial charge in [0.25, 0.3) is 0 Å². The van der Waals surface area contributed by atoms with Crippen molar-refractivity contribution in [3.8, 4) is 0 Å². The van der Waals surface area contributed by atoms with Gasteiger partial charge in [-0.05, 0) is 0 Å². The van der Waals surface area contributed by atoms with Crippen LogP contribution in [0, 0.1) is 0 Å². The minimum absolute atomic E-state index is 1.11. The summed E-state index contributed by atoms with van der Waals surface area (Å²) in [5, 5.41) is 0. The Kier molecular flexibility index (Phi) is 2.15. The van der Waals surface area contributed by atoms with Crippen LogP contribution in [-0.2, 0) is 18.3 Å². The van der Waals surface area contributed by atoms with E-state index in [2.05, 4.69) is 20.9 Å². The first-order valence-corrected chi connectivity index (χ1v) is 4.51. The molecular weight excluding hydrogens is 219 g/mol. The van der Waals surface area contributed by atoms with E-state index in [4.69, 9.17) is 0 Å². The van der Waals surface area contributed by atoms with Crippen LogP contribution in [0.3, 0.4) is 0 Å². The van der Waals surface area contributed by atoms with Crippen LogP contribution in [0.5, 0.6) is 0 Å². The molecule has 0 atom stereocenters. The summed E-state index contributed by atoms with van der Waals surface area (Å²) in [6.07, 6.45) is 1.81. The molecule has 0 unspecified atom stereocenters. The molecule has 0 aliphatic carbocycles. The van der Waals surface area contributed by atoms with Crippen molar-refractivity contribution in [3.05, 3.63) is 22.8 Å². The van der Waals surface area contributed by atoms with Crippen molar-refractivity contribution in [3.63, 3.8) is 0 Å². The molecule has 1 aromatic rings. The summed E-state index contributed by atoms with van der Waals surface area (Å²) in [6.45, 7) is 0. The van der Waals surface area contributed by atoms with E-state index in [0.717, 1.165) is 27.1 Å². The molecule has 0 saturated carbocycles. The van der Waals surface area contributed by atoms with Crippen molar-refractivity contribution in [2.45, 2.75) is 0 Å². The zero-order valence-electron chi connectivity index (χ0n) is 4.26. The summed E-state index contributed by atoms with van der Waals surface area (Å²) in [5.74, 6) is 0. The molecule has 3 heteroatoms. The number of rotatable bonds is 0. The maximum absolute atomic E-state index is 4.09. The van der Waals surface area contributed by atoms with E-state index >= 15 is 0 Å². The van der Waals surface area contributed by atoms with Gasteiger partial charge < -0.3 is 0 Å². The molecule has 37 valence electrons. The van der Waals surface area contributed by atoms with Gasteiger partial charge in [-0.15, -0.1) is 0 Å². The van der Waals surface area contributed by atoms with Gasteiger partial charge in [-0.3, -0.25) is 0 Å². The molecule has 1 rings (SSSR count). The summed E-state index contributed by atoms with van der Waals surface area (Å²) < 4.78 is 2.28. The molecule has 1 nitrogen and oxygen atoms in total. The minimum atomic E-state index is 1.11. The second-order valence-corrected chi connectivity index (χ2v) is 3.69. The summed E-state index contributed by atoms with van der Waals surface area (Å²) in [4.78, 5) is 4.09. The fraction of sp³-hybridized carbons (Fsp3) is 0. The molecule has 0 radical (unpaired) electrons. The third-order valence-electron chi connectivity index (χ3n) is 0.835. The first-order chi connectivity index (χ1) is 3.80. The third kappa shape index (κ3) is 1.36. The van der Waals surface area contributed by atoms with Crippen LogP contribution in [0.1, 0.15) is 0 Å². The molecule has 0 aromatic carbocycles. The molecule has 1 aromatic heterocycles. The molecule has 0 fully saturated rings. The Bertz CT molecular complexity index is 169. The van der Waals surface area contributed by atoms with Gasteiger partial charge in [-0.2, -0.15) is 0 Å². The number of halogens is 1. The van der Waals surface area contributed by atoms with Gasteiger partial charge in [0.15, 0.2) is 0 Å². The summed E-state index contributed by atoms with van der Waals surface area (Å²) in [6, 6.07) is 3.93. The van der Waals surface area contributed by atoms with Crippen LogP contribution >= 0.6 is 15.9 Å². The van der Waals surface area contributed by atoms with E-state index in [1.165, 1.54) is 0 Å². The zero-order chi connectivity index (χ0) is 5.98. The molecule has 0 bridgehead atoms. The molecule has 8 heavy (non-hydrogen) atoms. The van der Waals surface area contributed by atoms with Crippen LogP contribution in [0.2, 0.25) is 0 Å². The first-order valence-electron chi connectivity index (χ1n) is 2.23. The average Bonchev–Trinajstić information content (AvgIpc) is 1.77. The summed E-state index contributed by atoms with van der Waals surface area (Å²) >= 11 is 4.48. The SMILES string of the molecule is [Zn][c]1ncccc1Br. The molecule has 0 saturated heterocycles. The van der Waals surface area contributed by atoms with Gasteiger partial charge in [0, 0.05) is 0 Å². The van der Waals surface area contributed by atoms with Crippen LogP contribution in [-0.4, -0.2) is 4.98 Å². The van der Waals surface area contributed by atoms with E-state index in [1.807, 2.05) is 18.3 Å². The number of hydrogen-bond acceptors (Lipinski definition) is 1. The molecular formula is C5H3BrNZn. The Morgan fingerprint density at radius 2 is 2.38 bits per heavy atom. The second-order valence-electron chi connectivity index (χ2n) is 1.43. The van der Waals surface area contributed by atoms with Crippen molar-refractivity contribution < 1.29 is 18.3 Å². The fourth-order valence-electron chi connectivity index (χ4n) is 0.418. The van der Waals surface area contributed by atoms with Crippen molar-refractivity contribution in [2.75, 3.05) is 0 Å². The van der Waals surface area contributed by atoms with Gasteiger partial charge in [-0.1, -0.05) is 0 Å². The Labute approximate surface area is 66.3 Å². The van der Waals surface area contributed by atoms with Gasteiger partial charge in [0.05, 0.1) is 0 Å². The van der Waals surface area contributed by atoms with E-state index in [1.54, 1.807) is 0 Å². The van der Waals surface area contributed by atoms with E-state index in [0.29, 0.717) is 0 Å². The van der Waals surface area contributed by atoms with Crippen molar-refractivity contribution in [1.82, 2.24) is 4.98 Å². The van der Waals surface area contributed by atoms with Crippen LogP contribution < -0.4 is 4.29 Å². The summed E-state index contributed by atoms with van der Waals surface area (Å²) in [5.41, 5.74) is 0. The molecule has 0 spiro atoms. The zero-order valence-corrected chi connectivity index (χ0v) is 8.82.